The fourth-order valence-electron chi connectivity index (χ4n) is 1.84. The molecular formula is C11H11FN2O4. The van der Waals surface area contributed by atoms with Crippen molar-refractivity contribution in [3.8, 4) is 0 Å². The number of aliphatic hydroxyl groups excluding tert-OH is 1. The molecule has 1 heterocycles. The van der Waals surface area contributed by atoms with Crippen molar-refractivity contribution in [1.29, 1.82) is 0 Å². The minimum absolute atomic E-state index is 0.00687. The lowest BCUT2D eigenvalue weighted by Gasteiger charge is -2.38. The van der Waals surface area contributed by atoms with Crippen molar-refractivity contribution in [2.75, 3.05) is 19.7 Å². The predicted molar refractivity (Wildman–Crippen MR) is 59.5 cm³/mol. The minimum Gasteiger partial charge on any atom is -0.396 e. The molecule has 1 amide bonds. The molecule has 0 spiro atoms. The number of hydrogen-bond acceptors (Lipinski definition) is 4. The molecule has 1 aromatic rings. The van der Waals surface area contributed by atoms with Crippen molar-refractivity contribution in [1.82, 2.24) is 4.90 Å². The number of benzene rings is 1. The molecule has 1 saturated heterocycles. The van der Waals surface area contributed by atoms with Gasteiger partial charge in [0.25, 0.3) is 11.6 Å². The molecule has 18 heavy (non-hydrogen) atoms. The highest BCUT2D eigenvalue weighted by Crippen LogP contribution is 2.21. The summed E-state index contributed by atoms with van der Waals surface area (Å²) in [5.41, 5.74) is -0.490. The minimum atomic E-state index is -0.813. The van der Waals surface area contributed by atoms with Crippen LogP contribution in [0.25, 0.3) is 0 Å². The molecule has 96 valence electrons. The highest BCUT2D eigenvalue weighted by molar-refractivity contribution is 5.95. The maximum Gasteiger partial charge on any atom is 0.273 e. The van der Waals surface area contributed by atoms with Gasteiger partial charge in [-0.1, -0.05) is 0 Å². The number of carbonyl (C=O) groups excluding carboxylic acids is 1. The van der Waals surface area contributed by atoms with E-state index in [1.165, 1.54) is 4.90 Å². The molecule has 1 aromatic carbocycles. The number of hydrogen-bond donors (Lipinski definition) is 1. The Morgan fingerprint density at radius 2 is 2.17 bits per heavy atom. The summed E-state index contributed by atoms with van der Waals surface area (Å²) in [5.74, 6) is -1.23. The molecule has 2 rings (SSSR count). The largest absolute Gasteiger partial charge is 0.396 e. The highest BCUT2D eigenvalue weighted by Gasteiger charge is 2.31. The summed E-state index contributed by atoms with van der Waals surface area (Å²) in [6.07, 6.45) is 0. The number of nitro groups is 1. The van der Waals surface area contributed by atoms with E-state index in [-0.39, 0.29) is 18.1 Å². The Morgan fingerprint density at radius 1 is 1.50 bits per heavy atom. The molecule has 1 aliphatic heterocycles. The molecule has 1 N–H and O–H groups in total. The average Bonchev–Trinajstić information content (AvgIpc) is 2.26. The van der Waals surface area contributed by atoms with Crippen LogP contribution in [0.3, 0.4) is 0 Å². The SMILES string of the molecule is O=C(c1cc(F)cc([N+](=O)[O-])c1)N1CC(CO)C1. The Bertz CT molecular complexity index is 500. The third-order valence-corrected chi connectivity index (χ3v) is 2.84. The van der Waals surface area contributed by atoms with Crippen molar-refractivity contribution in [3.05, 3.63) is 39.7 Å². The van der Waals surface area contributed by atoms with Crippen molar-refractivity contribution in [2.45, 2.75) is 0 Å². The zero-order valence-electron chi connectivity index (χ0n) is 9.38. The van der Waals surface area contributed by atoms with Crippen molar-refractivity contribution in [3.63, 3.8) is 0 Å². The van der Waals surface area contributed by atoms with E-state index in [0.717, 1.165) is 18.2 Å². The standard InChI is InChI=1S/C11H11FN2O4/c12-9-1-8(2-10(3-9)14(17)18)11(16)13-4-7(5-13)6-15/h1-3,7,15H,4-6H2. The summed E-state index contributed by atoms with van der Waals surface area (Å²) < 4.78 is 13.2. The van der Waals surface area contributed by atoms with Crippen molar-refractivity contribution in [2.24, 2.45) is 5.92 Å². The molecule has 0 radical (unpaired) electrons. The number of amides is 1. The fourth-order valence-corrected chi connectivity index (χ4v) is 1.84. The summed E-state index contributed by atoms with van der Waals surface area (Å²) in [7, 11) is 0. The molecule has 6 nitrogen and oxygen atoms in total. The number of halogens is 1. The summed E-state index contributed by atoms with van der Waals surface area (Å²) in [4.78, 5) is 23.1. The number of nitrogens with zero attached hydrogens (tertiary/aromatic N) is 2. The lowest BCUT2D eigenvalue weighted by Crippen LogP contribution is -2.51. The third kappa shape index (κ3) is 2.30. The van der Waals surface area contributed by atoms with Crippen LogP contribution in [0.4, 0.5) is 10.1 Å². The van der Waals surface area contributed by atoms with Gasteiger partial charge in [0.2, 0.25) is 0 Å². The predicted octanol–water partition coefficient (Wildman–Crippen LogP) is 0.798. The second-order valence-electron chi connectivity index (χ2n) is 4.21. The first-order valence-electron chi connectivity index (χ1n) is 5.36. The van der Waals surface area contributed by atoms with Gasteiger partial charge in [-0.2, -0.15) is 0 Å². The normalized spacial score (nSPS) is 15.3. The maximum absolute atomic E-state index is 13.2. The first kappa shape index (κ1) is 12.4. The van der Waals surface area contributed by atoms with Crippen molar-refractivity contribution >= 4 is 11.6 Å². The molecule has 0 saturated carbocycles. The molecule has 1 fully saturated rings. The smallest absolute Gasteiger partial charge is 0.273 e. The van der Waals surface area contributed by atoms with Crippen LogP contribution in [0.5, 0.6) is 0 Å². The van der Waals surface area contributed by atoms with E-state index in [2.05, 4.69) is 0 Å². The van der Waals surface area contributed by atoms with Gasteiger partial charge in [-0.25, -0.2) is 4.39 Å². The van der Waals surface area contributed by atoms with E-state index in [9.17, 15) is 19.3 Å². The number of nitro benzene ring substituents is 1. The van der Waals surface area contributed by atoms with Gasteiger partial charge in [0.15, 0.2) is 0 Å². The Hall–Kier alpha value is -2.02. The molecule has 0 bridgehead atoms. The first-order chi connectivity index (χ1) is 8.51. The van der Waals surface area contributed by atoms with Gasteiger partial charge in [0.05, 0.1) is 11.0 Å². The first-order valence-corrected chi connectivity index (χ1v) is 5.36. The molecule has 0 aromatic heterocycles. The van der Waals surface area contributed by atoms with Gasteiger partial charge in [0, 0.05) is 37.2 Å². The Kier molecular flexibility index (Phi) is 3.24. The van der Waals surface area contributed by atoms with Crippen LogP contribution in [-0.4, -0.2) is 40.5 Å². The number of non-ortho nitro benzene ring substituents is 1. The van der Waals surface area contributed by atoms with Crippen LogP contribution in [0.1, 0.15) is 10.4 Å². The van der Waals surface area contributed by atoms with E-state index >= 15 is 0 Å². The molecule has 0 unspecified atom stereocenters. The van der Waals surface area contributed by atoms with Crippen LogP contribution in [-0.2, 0) is 0 Å². The summed E-state index contributed by atoms with van der Waals surface area (Å²) in [6, 6.07) is 2.79. The fraction of sp³-hybridized carbons (Fsp3) is 0.364. The summed E-state index contributed by atoms with van der Waals surface area (Å²) in [6.45, 7) is 0.770. The van der Waals surface area contributed by atoms with E-state index in [0.29, 0.717) is 13.1 Å². The van der Waals surface area contributed by atoms with E-state index in [1.807, 2.05) is 0 Å². The quantitative estimate of drug-likeness (QED) is 0.638. The molecular weight excluding hydrogens is 243 g/mol. The lowest BCUT2D eigenvalue weighted by atomic mass is 10.00. The molecule has 1 aliphatic rings. The Morgan fingerprint density at radius 3 is 2.72 bits per heavy atom. The maximum atomic E-state index is 13.2. The van der Waals surface area contributed by atoms with E-state index in [4.69, 9.17) is 5.11 Å². The van der Waals surface area contributed by atoms with Gasteiger partial charge < -0.3 is 10.0 Å². The zero-order chi connectivity index (χ0) is 13.3. The van der Waals surface area contributed by atoms with Gasteiger partial charge in [0.1, 0.15) is 5.82 Å². The number of aliphatic hydroxyl groups is 1. The monoisotopic (exact) mass is 254 g/mol. The molecule has 0 atom stereocenters. The third-order valence-electron chi connectivity index (χ3n) is 2.84. The van der Waals surface area contributed by atoms with E-state index in [1.54, 1.807) is 0 Å². The van der Waals surface area contributed by atoms with Crippen LogP contribution in [0.15, 0.2) is 18.2 Å². The van der Waals surface area contributed by atoms with Gasteiger partial charge in [-0.05, 0) is 6.07 Å². The summed E-state index contributed by atoms with van der Waals surface area (Å²) >= 11 is 0. The highest BCUT2D eigenvalue weighted by atomic mass is 19.1. The van der Waals surface area contributed by atoms with Gasteiger partial charge >= 0.3 is 0 Å². The van der Waals surface area contributed by atoms with E-state index < -0.39 is 22.3 Å². The van der Waals surface area contributed by atoms with Crippen molar-refractivity contribution < 1.29 is 19.2 Å². The number of rotatable bonds is 3. The summed E-state index contributed by atoms with van der Waals surface area (Å²) in [5, 5.41) is 19.4. The van der Waals surface area contributed by atoms with Crippen LogP contribution < -0.4 is 0 Å². The molecule has 0 aliphatic carbocycles. The van der Waals surface area contributed by atoms with Crippen LogP contribution >= 0.6 is 0 Å². The topological polar surface area (TPSA) is 83.7 Å². The Labute approximate surface area is 102 Å². The second-order valence-corrected chi connectivity index (χ2v) is 4.21. The average molecular weight is 254 g/mol. The molecule has 7 heteroatoms. The van der Waals surface area contributed by atoms with Gasteiger partial charge in [-0.3, -0.25) is 14.9 Å². The van der Waals surface area contributed by atoms with Crippen LogP contribution in [0, 0.1) is 21.8 Å². The lowest BCUT2D eigenvalue weighted by molar-refractivity contribution is -0.385. The number of carbonyl (C=O) groups is 1. The Balaban J connectivity index is 2.18. The second kappa shape index (κ2) is 4.69. The number of likely N-dealkylation sites (tertiary alicyclic amines) is 1. The van der Waals surface area contributed by atoms with Crippen LogP contribution in [0.2, 0.25) is 0 Å². The van der Waals surface area contributed by atoms with Gasteiger partial charge in [-0.15, -0.1) is 0 Å². The zero-order valence-corrected chi connectivity index (χ0v) is 9.38.